The van der Waals surface area contributed by atoms with E-state index >= 15 is 0 Å². The number of fused-ring (bicyclic) bond motifs is 1. The number of carbonyl (C=O) groups is 1. The minimum atomic E-state index is -4.46. The predicted molar refractivity (Wildman–Crippen MR) is 95.8 cm³/mol. The van der Waals surface area contributed by atoms with Crippen LogP contribution < -0.4 is 5.32 Å². The van der Waals surface area contributed by atoms with Crippen LogP contribution >= 0.6 is 11.8 Å². The molecule has 0 amide bonds. The number of aromatic carboxylic acids is 1. The lowest BCUT2D eigenvalue weighted by Crippen LogP contribution is -2.10. The molecule has 26 heavy (non-hydrogen) atoms. The number of benzene rings is 2. The number of hydrogen-bond donors (Lipinski definition) is 3. The smallest absolute Gasteiger partial charge is 0.446 e. The third kappa shape index (κ3) is 4.32. The highest BCUT2D eigenvalue weighted by molar-refractivity contribution is 8.00. The van der Waals surface area contributed by atoms with Crippen LogP contribution in [0.3, 0.4) is 0 Å². The number of alkyl halides is 3. The van der Waals surface area contributed by atoms with Crippen molar-refractivity contribution in [3.8, 4) is 0 Å². The summed E-state index contributed by atoms with van der Waals surface area (Å²) in [5.41, 5.74) is -2.25. The standard InChI is InChI=1S/C18H15F3N2O2S/c19-18(20,21)26-12-5-6-16(14(9-12)17(24)25)22-8-7-11-10-23-15-4-2-1-3-13(11)15/h1-6,9-10,22-23H,7-8H2,(H,24,25). The summed E-state index contributed by atoms with van der Waals surface area (Å²) in [7, 11) is 0. The number of halogens is 3. The topological polar surface area (TPSA) is 65.1 Å². The van der Waals surface area contributed by atoms with Crippen LogP contribution in [0.2, 0.25) is 0 Å². The zero-order valence-electron chi connectivity index (χ0n) is 13.4. The van der Waals surface area contributed by atoms with Crippen LogP contribution in [0, 0.1) is 0 Å². The number of carboxylic acid groups (broad SMARTS) is 1. The van der Waals surface area contributed by atoms with E-state index in [4.69, 9.17) is 0 Å². The largest absolute Gasteiger partial charge is 0.478 e. The maximum absolute atomic E-state index is 12.5. The Hall–Kier alpha value is -2.61. The molecule has 0 atom stereocenters. The number of H-pyrrole nitrogens is 1. The van der Waals surface area contributed by atoms with Crippen molar-refractivity contribution in [2.45, 2.75) is 16.8 Å². The first-order chi connectivity index (χ1) is 12.3. The summed E-state index contributed by atoms with van der Waals surface area (Å²) in [6, 6.07) is 11.5. The van der Waals surface area contributed by atoms with Gasteiger partial charge in [-0.1, -0.05) is 18.2 Å². The molecule has 136 valence electrons. The number of thioether (sulfide) groups is 1. The molecule has 0 saturated carbocycles. The lowest BCUT2D eigenvalue weighted by atomic mass is 10.1. The van der Waals surface area contributed by atoms with Gasteiger partial charge in [-0.05, 0) is 48.0 Å². The molecule has 3 N–H and O–H groups in total. The molecule has 4 nitrogen and oxygen atoms in total. The summed E-state index contributed by atoms with van der Waals surface area (Å²) >= 11 is -0.331. The van der Waals surface area contributed by atoms with Crippen molar-refractivity contribution in [3.05, 3.63) is 59.8 Å². The maximum atomic E-state index is 12.5. The van der Waals surface area contributed by atoms with Gasteiger partial charge >= 0.3 is 11.5 Å². The maximum Gasteiger partial charge on any atom is 0.446 e. The van der Waals surface area contributed by atoms with Gasteiger partial charge in [-0.15, -0.1) is 0 Å². The lowest BCUT2D eigenvalue weighted by molar-refractivity contribution is -0.0328. The van der Waals surface area contributed by atoms with Gasteiger partial charge in [0, 0.05) is 34.2 Å². The summed E-state index contributed by atoms with van der Waals surface area (Å²) in [6.07, 6.45) is 2.54. The van der Waals surface area contributed by atoms with Gasteiger partial charge in [0.25, 0.3) is 0 Å². The summed E-state index contributed by atoms with van der Waals surface area (Å²) in [5, 5.41) is 13.4. The monoisotopic (exact) mass is 380 g/mol. The number of para-hydroxylation sites is 1. The molecule has 1 heterocycles. The molecular weight excluding hydrogens is 365 g/mol. The first-order valence-electron chi connectivity index (χ1n) is 7.75. The highest BCUT2D eigenvalue weighted by Gasteiger charge is 2.29. The van der Waals surface area contributed by atoms with E-state index in [1.165, 1.54) is 12.1 Å². The van der Waals surface area contributed by atoms with E-state index in [0.29, 0.717) is 18.7 Å². The van der Waals surface area contributed by atoms with Gasteiger partial charge in [-0.25, -0.2) is 4.79 Å². The third-order valence-electron chi connectivity index (χ3n) is 3.84. The van der Waals surface area contributed by atoms with E-state index in [2.05, 4.69) is 10.3 Å². The Kier molecular flexibility index (Phi) is 5.13. The number of anilines is 1. The quantitative estimate of drug-likeness (QED) is 0.519. The number of carboxylic acids is 1. The van der Waals surface area contributed by atoms with Crippen LogP contribution in [-0.2, 0) is 6.42 Å². The Labute approximate surface area is 151 Å². The minimum absolute atomic E-state index is 0.155. The second-order valence-corrected chi connectivity index (χ2v) is 6.74. The van der Waals surface area contributed by atoms with Crippen LogP contribution in [0.25, 0.3) is 10.9 Å². The Morgan fingerprint density at radius 2 is 1.96 bits per heavy atom. The summed E-state index contributed by atoms with van der Waals surface area (Å²) in [4.78, 5) is 14.4. The molecule has 8 heteroatoms. The Bertz CT molecular complexity index is 938. The Morgan fingerprint density at radius 3 is 2.69 bits per heavy atom. The van der Waals surface area contributed by atoms with Crippen molar-refractivity contribution in [2.75, 3.05) is 11.9 Å². The van der Waals surface area contributed by atoms with Crippen molar-refractivity contribution in [2.24, 2.45) is 0 Å². The molecule has 3 rings (SSSR count). The van der Waals surface area contributed by atoms with E-state index < -0.39 is 11.5 Å². The predicted octanol–water partition coefficient (Wildman–Crippen LogP) is 5.13. The van der Waals surface area contributed by atoms with Gasteiger partial charge in [-0.2, -0.15) is 13.2 Å². The van der Waals surface area contributed by atoms with Crippen LogP contribution in [0.4, 0.5) is 18.9 Å². The highest BCUT2D eigenvalue weighted by atomic mass is 32.2. The summed E-state index contributed by atoms with van der Waals surface area (Å²) < 4.78 is 37.4. The van der Waals surface area contributed by atoms with Gasteiger partial charge in [0.2, 0.25) is 0 Å². The van der Waals surface area contributed by atoms with Gasteiger partial charge in [-0.3, -0.25) is 0 Å². The molecule has 0 saturated heterocycles. The molecule has 0 aliphatic carbocycles. The second kappa shape index (κ2) is 7.33. The number of aromatic amines is 1. The molecule has 1 aromatic heterocycles. The molecule has 3 aromatic rings. The van der Waals surface area contributed by atoms with E-state index in [9.17, 15) is 23.1 Å². The third-order valence-corrected chi connectivity index (χ3v) is 4.56. The first-order valence-corrected chi connectivity index (χ1v) is 8.57. The molecule has 0 bridgehead atoms. The molecule has 0 aliphatic heterocycles. The van der Waals surface area contributed by atoms with Crippen molar-refractivity contribution in [1.29, 1.82) is 0 Å². The SMILES string of the molecule is O=C(O)c1cc(SC(F)(F)F)ccc1NCCc1c[nH]c2ccccc12. The zero-order valence-corrected chi connectivity index (χ0v) is 14.2. The zero-order chi connectivity index (χ0) is 18.7. The molecule has 0 spiro atoms. The van der Waals surface area contributed by atoms with Crippen LogP contribution in [0.5, 0.6) is 0 Å². The molecule has 0 fully saturated rings. The number of nitrogens with one attached hydrogen (secondary N) is 2. The van der Waals surface area contributed by atoms with E-state index in [1.54, 1.807) is 0 Å². The first kappa shape index (κ1) is 18.2. The van der Waals surface area contributed by atoms with Crippen LogP contribution in [0.15, 0.2) is 53.6 Å². The number of hydrogen-bond acceptors (Lipinski definition) is 3. The molecule has 2 aromatic carbocycles. The number of aromatic nitrogens is 1. The van der Waals surface area contributed by atoms with Gasteiger partial charge < -0.3 is 15.4 Å². The average Bonchev–Trinajstić information content (AvgIpc) is 2.98. The fraction of sp³-hybridized carbons (Fsp3) is 0.167. The van der Waals surface area contributed by atoms with Crippen LogP contribution in [-0.4, -0.2) is 28.1 Å². The fourth-order valence-electron chi connectivity index (χ4n) is 2.72. The summed E-state index contributed by atoms with van der Waals surface area (Å²) in [5.74, 6) is -1.27. The van der Waals surface area contributed by atoms with Crippen molar-refractivity contribution >= 4 is 34.3 Å². The average molecular weight is 380 g/mol. The number of rotatable bonds is 6. The van der Waals surface area contributed by atoms with Gasteiger partial charge in [0.1, 0.15) is 0 Å². The minimum Gasteiger partial charge on any atom is -0.478 e. The van der Waals surface area contributed by atoms with Crippen molar-refractivity contribution < 1.29 is 23.1 Å². The lowest BCUT2D eigenvalue weighted by Gasteiger charge is -2.12. The molecule has 0 radical (unpaired) electrons. The van der Waals surface area contributed by atoms with Crippen molar-refractivity contribution in [1.82, 2.24) is 4.98 Å². The Balaban J connectivity index is 1.72. The van der Waals surface area contributed by atoms with Gasteiger partial charge in [0.05, 0.1) is 5.56 Å². The fourth-order valence-corrected chi connectivity index (χ4v) is 3.30. The molecular formula is C18H15F3N2O2S. The van der Waals surface area contributed by atoms with E-state index in [-0.39, 0.29) is 22.2 Å². The van der Waals surface area contributed by atoms with Crippen LogP contribution in [0.1, 0.15) is 15.9 Å². The highest BCUT2D eigenvalue weighted by Crippen LogP contribution is 2.38. The van der Waals surface area contributed by atoms with Crippen molar-refractivity contribution in [3.63, 3.8) is 0 Å². The second-order valence-electron chi connectivity index (χ2n) is 5.60. The molecule has 0 aliphatic rings. The summed E-state index contributed by atoms with van der Waals surface area (Å²) in [6.45, 7) is 0.452. The van der Waals surface area contributed by atoms with Gasteiger partial charge in [0.15, 0.2) is 0 Å². The van der Waals surface area contributed by atoms with E-state index in [0.717, 1.165) is 22.5 Å². The normalized spacial score (nSPS) is 11.7. The van der Waals surface area contributed by atoms with E-state index in [1.807, 2.05) is 30.5 Å². The Morgan fingerprint density at radius 1 is 1.19 bits per heavy atom. The molecule has 0 unspecified atom stereocenters.